The van der Waals surface area contributed by atoms with Gasteiger partial charge < -0.3 is 14.0 Å². The average Bonchev–Trinajstić information content (AvgIpc) is 2.46. The minimum absolute atomic E-state index is 0.0495. The molecule has 1 aliphatic rings. The first kappa shape index (κ1) is 13.2. The van der Waals surface area contributed by atoms with Crippen molar-refractivity contribution in [1.29, 1.82) is 0 Å². The molecule has 2 radical (unpaired) electrons. The van der Waals surface area contributed by atoms with Gasteiger partial charge in [-0.2, -0.15) is 0 Å². The van der Waals surface area contributed by atoms with Crippen molar-refractivity contribution in [2.75, 3.05) is 19.6 Å². The summed E-state index contributed by atoms with van der Waals surface area (Å²) in [6, 6.07) is -0.253. The molecule has 0 saturated carbocycles. The van der Waals surface area contributed by atoms with Gasteiger partial charge in [-0.3, -0.25) is 4.57 Å². The van der Waals surface area contributed by atoms with E-state index in [1.165, 1.54) is 0 Å². The fourth-order valence-corrected chi connectivity index (χ4v) is 2.89. The molecule has 0 N–H and O–H groups in total. The van der Waals surface area contributed by atoms with Crippen LogP contribution in [-0.4, -0.2) is 45.7 Å². The Hall–Kier alpha value is 0.175. The molecular weight excluding hydrogens is 214 g/mol. The van der Waals surface area contributed by atoms with Gasteiger partial charge in [-0.05, 0) is 20.3 Å². The molecule has 4 nitrogen and oxygen atoms in total. The van der Waals surface area contributed by atoms with Gasteiger partial charge in [0.15, 0.2) is 0 Å². The summed E-state index contributed by atoms with van der Waals surface area (Å²) >= 11 is 0. The van der Waals surface area contributed by atoms with Crippen molar-refractivity contribution in [1.82, 2.24) is 0 Å². The number of hydrogen-bond acceptors (Lipinski definition) is 4. The SMILES string of the molecule is [B][C@H]1C[C@@H](OCP(C)(=O)OC(C)C)CO1. The Morgan fingerprint density at radius 2 is 2.27 bits per heavy atom. The molecule has 15 heavy (non-hydrogen) atoms. The predicted octanol–water partition coefficient (Wildman–Crippen LogP) is 1.58. The van der Waals surface area contributed by atoms with Crippen LogP contribution in [0.15, 0.2) is 0 Å². The molecule has 0 aromatic rings. The van der Waals surface area contributed by atoms with Gasteiger partial charge in [0.2, 0.25) is 7.37 Å². The molecule has 86 valence electrons. The fourth-order valence-electron chi connectivity index (χ4n) is 1.46. The Labute approximate surface area is 92.5 Å². The third-order valence-electron chi connectivity index (χ3n) is 1.97. The van der Waals surface area contributed by atoms with Crippen molar-refractivity contribution < 1.29 is 18.6 Å². The highest BCUT2D eigenvalue weighted by atomic mass is 31.2. The standard InChI is InChI=1S/C9H18BO4P/c1-7(2)14-15(3,11)6-13-8-4-9(10)12-5-8/h7-9H,4-6H2,1-3H3/t8-,9-,15?/m1/s1. The van der Waals surface area contributed by atoms with E-state index in [-0.39, 0.29) is 24.6 Å². The highest BCUT2D eigenvalue weighted by Gasteiger charge is 2.26. The first-order valence-corrected chi connectivity index (χ1v) is 7.38. The summed E-state index contributed by atoms with van der Waals surface area (Å²) in [5.41, 5.74) is 0. The molecule has 0 bridgehead atoms. The number of hydrogen-bond donors (Lipinski definition) is 0. The van der Waals surface area contributed by atoms with Crippen molar-refractivity contribution in [3.05, 3.63) is 0 Å². The lowest BCUT2D eigenvalue weighted by Crippen LogP contribution is -2.15. The van der Waals surface area contributed by atoms with Crippen LogP contribution < -0.4 is 0 Å². The van der Waals surface area contributed by atoms with Crippen LogP contribution in [0.2, 0.25) is 0 Å². The van der Waals surface area contributed by atoms with Crippen LogP contribution >= 0.6 is 7.37 Å². The molecule has 0 spiro atoms. The van der Waals surface area contributed by atoms with E-state index in [1.54, 1.807) is 6.66 Å². The molecule has 1 aliphatic heterocycles. The van der Waals surface area contributed by atoms with E-state index in [1.807, 2.05) is 13.8 Å². The van der Waals surface area contributed by atoms with Gasteiger partial charge in [0.25, 0.3) is 0 Å². The number of ether oxygens (including phenoxy) is 2. The van der Waals surface area contributed by atoms with Gasteiger partial charge >= 0.3 is 0 Å². The zero-order chi connectivity index (χ0) is 11.5. The molecule has 1 rings (SSSR count). The Morgan fingerprint density at radius 3 is 2.73 bits per heavy atom. The monoisotopic (exact) mass is 232 g/mol. The van der Waals surface area contributed by atoms with Crippen LogP contribution in [0, 0.1) is 0 Å². The largest absolute Gasteiger partial charge is 0.385 e. The minimum Gasteiger partial charge on any atom is -0.385 e. The van der Waals surface area contributed by atoms with Gasteiger partial charge in [0.1, 0.15) is 14.2 Å². The van der Waals surface area contributed by atoms with E-state index in [0.29, 0.717) is 13.0 Å². The molecule has 1 unspecified atom stereocenters. The third kappa shape index (κ3) is 5.16. The molecule has 1 saturated heterocycles. The van der Waals surface area contributed by atoms with Crippen LogP contribution in [0.3, 0.4) is 0 Å². The van der Waals surface area contributed by atoms with Crippen molar-refractivity contribution >= 4 is 15.2 Å². The van der Waals surface area contributed by atoms with Crippen LogP contribution in [0.1, 0.15) is 20.3 Å². The topological polar surface area (TPSA) is 44.8 Å². The zero-order valence-electron chi connectivity index (χ0n) is 9.51. The molecular formula is C9H18BO4P. The van der Waals surface area contributed by atoms with Gasteiger partial charge in [-0.25, -0.2) is 0 Å². The molecule has 0 amide bonds. The molecule has 0 aromatic carbocycles. The van der Waals surface area contributed by atoms with Crippen LogP contribution in [0.5, 0.6) is 0 Å². The van der Waals surface area contributed by atoms with Crippen LogP contribution in [0.4, 0.5) is 0 Å². The average molecular weight is 232 g/mol. The lowest BCUT2D eigenvalue weighted by molar-refractivity contribution is 0.0604. The Kier molecular flexibility index (Phi) is 4.84. The first-order valence-electron chi connectivity index (χ1n) is 5.13. The molecule has 1 fully saturated rings. The Bertz CT molecular complexity index is 246. The third-order valence-corrected chi connectivity index (χ3v) is 3.46. The summed E-state index contributed by atoms with van der Waals surface area (Å²) in [7, 11) is 2.90. The molecule has 1 heterocycles. The van der Waals surface area contributed by atoms with Gasteiger partial charge in [0, 0.05) is 12.7 Å². The smallest absolute Gasteiger partial charge is 0.225 e. The number of rotatable bonds is 5. The highest BCUT2D eigenvalue weighted by Crippen LogP contribution is 2.44. The van der Waals surface area contributed by atoms with Gasteiger partial charge in [-0.15, -0.1) is 0 Å². The summed E-state index contributed by atoms with van der Waals surface area (Å²) in [4.78, 5) is 0. The van der Waals surface area contributed by atoms with Crippen molar-refractivity contribution in [3.8, 4) is 0 Å². The van der Waals surface area contributed by atoms with E-state index in [4.69, 9.17) is 21.8 Å². The van der Waals surface area contributed by atoms with E-state index in [2.05, 4.69) is 0 Å². The van der Waals surface area contributed by atoms with Gasteiger partial charge in [-0.1, -0.05) is 0 Å². The summed E-state index contributed by atoms with van der Waals surface area (Å²) in [6.45, 7) is 5.76. The summed E-state index contributed by atoms with van der Waals surface area (Å²) in [5, 5.41) is 0. The second-order valence-electron chi connectivity index (χ2n) is 4.19. The van der Waals surface area contributed by atoms with Crippen LogP contribution in [0.25, 0.3) is 0 Å². The Balaban J connectivity index is 2.27. The fraction of sp³-hybridized carbons (Fsp3) is 1.00. The molecule has 6 heteroatoms. The normalized spacial score (nSPS) is 30.7. The summed E-state index contributed by atoms with van der Waals surface area (Å²) < 4.78 is 27.7. The maximum Gasteiger partial charge on any atom is 0.225 e. The van der Waals surface area contributed by atoms with Crippen molar-refractivity contribution in [3.63, 3.8) is 0 Å². The summed E-state index contributed by atoms with van der Waals surface area (Å²) in [6.07, 6.45) is 0.684. The van der Waals surface area contributed by atoms with E-state index in [0.717, 1.165) is 0 Å². The lowest BCUT2D eigenvalue weighted by Gasteiger charge is -2.18. The van der Waals surface area contributed by atoms with Crippen LogP contribution in [-0.2, 0) is 18.6 Å². The summed E-state index contributed by atoms with van der Waals surface area (Å²) in [5.74, 6) is 0. The second-order valence-corrected chi connectivity index (χ2v) is 6.69. The maximum atomic E-state index is 11.8. The quantitative estimate of drug-likeness (QED) is 0.533. The van der Waals surface area contributed by atoms with Crippen molar-refractivity contribution in [2.45, 2.75) is 38.5 Å². The van der Waals surface area contributed by atoms with E-state index < -0.39 is 7.37 Å². The highest BCUT2D eigenvalue weighted by molar-refractivity contribution is 7.57. The molecule has 3 atom stereocenters. The Morgan fingerprint density at radius 1 is 1.60 bits per heavy atom. The van der Waals surface area contributed by atoms with Crippen molar-refractivity contribution in [2.24, 2.45) is 0 Å². The lowest BCUT2D eigenvalue weighted by atomic mass is 9.97. The molecule has 0 aliphatic carbocycles. The molecule has 0 aromatic heterocycles. The minimum atomic E-state index is -2.64. The van der Waals surface area contributed by atoms with E-state index >= 15 is 0 Å². The predicted molar refractivity (Wildman–Crippen MR) is 59.6 cm³/mol. The van der Waals surface area contributed by atoms with Gasteiger partial charge in [0.05, 0.1) is 18.8 Å². The maximum absolute atomic E-state index is 11.8. The second kappa shape index (κ2) is 5.49. The zero-order valence-corrected chi connectivity index (χ0v) is 10.4. The first-order chi connectivity index (χ1) is 6.89. The van der Waals surface area contributed by atoms with E-state index in [9.17, 15) is 4.57 Å².